The molecule has 0 aliphatic carbocycles. The fraction of sp³-hybridized carbons (Fsp3) is 0.474. The van der Waals surface area contributed by atoms with E-state index < -0.39 is 45.3 Å². The van der Waals surface area contributed by atoms with Crippen LogP contribution in [0.15, 0.2) is 24.3 Å². The van der Waals surface area contributed by atoms with Crippen LogP contribution in [0.2, 0.25) is 0 Å². The van der Waals surface area contributed by atoms with Crippen LogP contribution in [-0.4, -0.2) is 66.3 Å². The number of amides is 1. The number of fused-ring (bicyclic) bond motifs is 1. The highest BCUT2D eigenvalue weighted by atomic mass is 32.1. The molecule has 1 aromatic carbocycles. The summed E-state index contributed by atoms with van der Waals surface area (Å²) >= 11 is 1.09. The normalized spacial score (nSPS) is 12.6. The van der Waals surface area contributed by atoms with Crippen LogP contribution in [0.25, 0.3) is 10.1 Å². The summed E-state index contributed by atoms with van der Waals surface area (Å²) < 4.78 is 65.3. The lowest BCUT2D eigenvalue weighted by molar-refractivity contribution is -0.0450. The first kappa shape index (κ1) is 27.3. The van der Waals surface area contributed by atoms with Gasteiger partial charge in [0.15, 0.2) is 6.79 Å². The Morgan fingerprint density at radius 3 is 2.39 bits per heavy atom. The number of halogens is 2. The molecule has 2 rings (SSSR count). The third kappa shape index (κ3) is 8.38. The number of carbonyl (C=O) groups is 2. The maximum atomic E-state index is 15.3. The van der Waals surface area contributed by atoms with Crippen LogP contribution in [0.1, 0.15) is 15.2 Å². The van der Waals surface area contributed by atoms with E-state index in [1.807, 2.05) is 0 Å². The molecule has 0 saturated carbocycles. The van der Waals surface area contributed by atoms with E-state index in [0.717, 1.165) is 11.3 Å². The van der Waals surface area contributed by atoms with Crippen molar-refractivity contribution in [1.29, 1.82) is 0 Å². The Bertz CT molecular complexity index is 915. The van der Waals surface area contributed by atoms with Crippen molar-refractivity contribution in [2.45, 2.75) is 5.66 Å². The summed E-state index contributed by atoms with van der Waals surface area (Å²) in [6.07, 6.45) is -1.11. The molecule has 2 aromatic rings. The van der Waals surface area contributed by atoms with E-state index in [1.54, 1.807) is 0 Å². The van der Waals surface area contributed by atoms with E-state index >= 15 is 8.78 Å². The average Bonchev–Trinajstić information content (AvgIpc) is 3.22. The number of alkyl halides is 2. The van der Waals surface area contributed by atoms with Crippen molar-refractivity contribution < 1.29 is 51.1 Å². The fourth-order valence-electron chi connectivity index (χ4n) is 2.32. The molecule has 1 atom stereocenters. The number of methoxy groups -OCH3 is 2. The van der Waals surface area contributed by atoms with Crippen LogP contribution in [0, 0.1) is 0 Å². The van der Waals surface area contributed by atoms with Gasteiger partial charge in [-0.05, 0) is 23.6 Å². The minimum absolute atomic E-state index is 0.0714. The molecule has 0 spiro atoms. The van der Waals surface area contributed by atoms with Gasteiger partial charge in [-0.15, -0.1) is 11.3 Å². The van der Waals surface area contributed by atoms with E-state index in [2.05, 4.69) is 9.47 Å². The van der Waals surface area contributed by atoms with E-state index in [-0.39, 0.29) is 31.3 Å². The molecule has 1 aromatic heterocycles. The number of rotatable bonds is 15. The molecule has 0 aliphatic rings. The fourth-order valence-corrected chi connectivity index (χ4v) is 4.28. The summed E-state index contributed by atoms with van der Waals surface area (Å²) in [6, 6.07) is 5.28. The van der Waals surface area contributed by atoms with Crippen molar-refractivity contribution >= 4 is 41.9 Å². The van der Waals surface area contributed by atoms with Crippen molar-refractivity contribution in [2.75, 3.05) is 54.2 Å². The number of ether oxygens (including phenoxy) is 5. The Labute approximate surface area is 193 Å². The van der Waals surface area contributed by atoms with Crippen molar-refractivity contribution in [3.63, 3.8) is 0 Å². The Kier molecular flexibility index (Phi) is 11.3. The predicted molar refractivity (Wildman–Crippen MR) is 115 cm³/mol. The lowest BCUT2D eigenvalue weighted by Crippen LogP contribution is -2.18. The molecule has 2 N–H and O–H groups in total. The molecule has 0 radical (unpaired) electrons. The van der Waals surface area contributed by atoms with Crippen molar-refractivity contribution in [3.05, 3.63) is 34.7 Å². The predicted octanol–water partition coefficient (Wildman–Crippen LogP) is 3.77. The van der Waals surface area contributed by atoms with Crippen LogP contribution in [0.4, 0.5) is 13.6 Å². The average molecular weight is 511 g/mol. The highest BCUT2D eigenvalue weighted by Gasteiger charge is 2.45. The van der Waals surface area contributed by atoms with Gasteiger partial charge >= 0.3 is 11.8 Å². The SMILES string of the molecule is COCCOCOP(OCOC(=O)OCCOC)C(F)(F)c1ccc2sc(C(N)=O)cc2c1. The van der Waals surface area contributed by atoms with Crippen molar-refractivity contribution in [1.82, 2.24) is 0 Å². The first-order valence-corrected chi connectivity index (χ1v) is 11.4. The Morgan fingerprint density at radius 1 is 1.00 bits per heavy atom. The quantitative estimate of drug-likeness (QED) is 0.165. The zero-order chi connectivity index (χ0) is 24.3. The number of primary amides is 1. The zero-order valence-electron chi connectivity index (χ0n) is 17.9. The number of carbonyl (C=O) groups excluding carboxylic acids is 2. The lowest BCUT2D eigenvalue weighted by Gasteiger charge is -2.25. The minimum atomic E-state index is -3.62. The molecule has 0 aliphatic heterocycles. The third-order valence-corrected chi connectivity index (χ3v) is 6.40. The highest BCUT2D eigenvalue weighted by Crippen LogP contribution is 2.60. The third-order valence-electron chi connectivity index (χ3n) is 3.87. The first-order chi connectivity index (χ1) is 15.8. The molecular weight excluding hydrogens is 487 g/mol. The van der Waals surface area contributed by atoms with E-state index in [9.17, 15) is 9.59 Å². The van der Waals surface area contributed by atoms with Crippen LogP contribution >= 0.6 is 19.7 Å². The van der Waals surface area contributed by atoms with Gasteiger partial charge in [0.05, 0.1) is 24.7 Å². The molecule has 1 heterocycles. The van der Waals surface area contributed by atoms with Crippen LogP contribution < -0.4 is 5.73 Å². The largest absolute Gasteiger partial charge is 0.510 e. The summed E-state index contributed by atoms with van der Waals surface area (Å²) in [5.41, 5.74) is 1.22. The Balaban J connectivity index is 2.10. The number of benzene rings is 1. The summed E-state index contributed by atoms with van der Waals surface area (Å²) in [4.78, 5) is 23.1. The molecular formula is C19H24F2NO9PS. The topological polar surface area (TPSA) is 125 Å². The number of hydrogen-bond donors (Lipinski definition) is 1. The second-order valence-corrected chi connectivity index (χ2v) is 8.83. The summed E-state index contributed by atoms with van der Waals surface area (Å²) in [6.45, 7) is -0.910. The van der Waals surface area contributed by atoms with Gasteiger partial charge in [-0.25, -0.2) is 4.79 Å². The van der Waals surface area contributed by atoms with Gasteiger partial charge in [0, 0.05) is 24.5 Å². The van der Waals surface area contributed by atoms with Gasteiger partial charge in [0.2, 0.25) is 6.79 Å². The Hall–Kier alpha value is -1.99. The number of nitrogens with two attached hydrogens (primary N) is 1. The molecule has 10 nitrogen and oxygen atoms in total. The van der Waals surface area contributed by atoms with Crippen molar-refractivity contribution in [2.24, 2.45) is 5.73 Å². The molecule has 0 bridgehead atoms. The second-order valence-electron chi connectivity index (χ2n) is 6.16. The maximum Gasteiger partial charge on any atom is 0.510 e. The minimum Gasteiger partial charge on any atom is -0.432 e. The van der Waals surface area contributed by atoms with Gasteiger partial charge in [-0.1, -0.05) is 6.07 Å². The van der Waals surface area contributed by atoms with Crippen LogP contribution in [-0.2, 0) is 38.4 Å². The zero-order valence-corrected chi connectivity index (χ0v) is 19.6. The number of thiophene rings is 1. The molecule has 1 unspecified atom stereocenters. The monoisotopic (exact) mass is 511 g/mol. The van der Waals surface area contributed by atoms with Gasteiger partial charge in [-0.3, -0.25) is 9.32 Å². The molecule has 33 heavy (non-hydrogen) atoms. The standard InChI is InChI=1S/C19H24F2NO9PS/c1-25-5-7-27-11-30-32(31-12-29-18(24)28-8-6-26-2)19(20,21)14-3-4-15-13(9-14)10-16(33-15)17(22)23/h3-4,9-10H,5-8,11-12H2,1-2H3,(H2,22,23). The van der Waals surface area contributed by atoms with Gasteiger partial charge in [0.1, 0.15) is 6.61 Å². The van der Waals surface area contributed by atoms with Crippen LogP contribution in [0.3, 0.4) is 0 Å². The van der Waals surface area contributed by atoms with E-state index in [1.165, 1.54) is 38.5 Å². The van der Waals surface area contributed by atoms with Crippen LogP contribution in [0.5, 0.6) is 0 Å². The number of hydrogen-bond acceptors (Lipinski definition) is 10. The molecule has 184 valence electrons. The maximum absolute atomic E-state index is 15.3. The smallest absolute Gasteiger partial charge is 0.432 e. The lowest BCUT2D eigenvalue weighted by atomic mass is 10.1. The summed E-state index contributed by atoms with van der Waals surface area (Å²) in [5, 5.41) is 0.412. The molecule has 0 fully saturated rings. The van der Waals surface area contributed by atoms with Gasteiger partial charge < -0.3 is 33.9 Å². The van der Waals surface area contributed by atoms with Gasteiger partial charge in [0.25, 0.3) is 14.3 Å². The first-order valence-electron chi connectivity index (χ1n) is 9.42. The van der Waals surface area contributed by atoms with Gasteiger partial charge in [-0.2, -0.15) is 8.78 Å². The second kappa shape index (κ2) is 13.7. The highest BCUT2D eigenvalue weighted by molar-refractivity contribution is 7.48. The van der Waals surface area contributed by atoms with Crippen molar-refractivity contribution in [3.8, 4) is 0 Å². The summed E-state index contributed by atoms with van der Waals surface area (Å²) in [5.74, 6) is -0.652. The molecule has 0 saturated heterocycles. The summed E-state index contributed by atoms with van der Waals surface area (Å²) in [7, 11) is -0.0757. The Morgan fingerprint density at radius 2 is 1.70 bits per heavy atom. The molecule has 14 heteroatoms. The molecule has 1 amide bonds. The van der Waals surface area contributed by atoms with E-state index in [4.69, 9.17) is 29.0 Å². The van der Waals surface area contributed by atoms with E-state index in [0.29, 0.717) is 10.1 Å².